The largest absolute Gasteiger partial charge is 0.514 e. The number of carbonyl (C=O) groups excluding carboxylic acids is 1. The predicted molar refractivity (Wildman–Crippen MR) is 386 cm³/mol. The summed E-state index contributed by atoms with van der Waals surface area (Å²) in [5, 5.41) is 32.2. The Morgan fingerprint density at radius 2 is 0.893 bits per heavy atom. The van der Waals surface area contributed by atoms with Gasteiger partial charge in [-0.2, -0.15) is 25.4 Å². The van der Waals surface area contributed by atoms with Gasteiger partial charge in [-0.1, -0.05) is 113 Å². The van der Waals surface area contributed by atoms with Crippen molar-refractivity contribution in [3.8, 4) is 28.7 Å². The zero-order valence-electron chi connectivity index (χ0n) is 58.5. The Bertz CT molecular complexity index is 3920. The lowest BCUT2D eigenvalue weighted by Crippen LogP contribution is -2.47. The van der Waals surface area contributed by atoms with Gasteiger partial charge in [0.25, 0.3) is 25.9 Å². The van der Waals surface area contributed by atoms with Gasteiger partial charge in [0.05, 0.1) is 72.8 Å². The van der Waals surface area contributed by atoms with Gasteiger partial charge in [0.2, 0.25) is 20.0 Å². The number of nitrogens with zero attached hydrogens (tertiary/aromatic N) is 3. The molecule has 103 heavy (non-hydrogen) atoms. The number of non-ortho nitro benzene ring substituents is 1. The summed E-state index contributed by atoms with van der Waals surface area (Å²) in [7, 11) is -11.9. The first kappa shape index (κ1) is 85.5. The van der Waals surface area contributed by atoms with Crippen LogP contribution in [0.4, 0.5) is 10.5 Å². The van der Waals surface area contributed by atoms with Crippen LogP contribution in [0.1, 0.15) is 56.4 Å². The molecule has 2 heterocycles. The minimum absolute atomic E-state index is 0.0365. The first-order valence-electron chi connectivity index (χ1n) is 32.4. The average Bonchev–Trinajstić information content (AvgIpc) is 1.71. The third-order valence-corrected chi connectivity index (χ3v) is 18.8. The summed E-state index contributed by atoms with van der Waals surface area (Å²) in [6.07, 6.45) is -0.608. The van der Waals surface area contributed by atoms with Crippen molar-refractivity contribution in [3.63, 3.8) is 0 Å². The van der Waals surface area contributed by atoms with Gasteiger partial charge in [-0.15, -0.1) is 0 Å². The highest BCUT2D eigenvalue weighted by Gasteiger charge is 2.44. The van der Waals surface area contributed by atoms with Gasteiger partial charge < -0.3 is 59.6 Å². The van der Waals surface area contributed by atoms with E-state index in [-0.39, 0.29) is 84.2 Å². The Labute approximate surface area is 603 Å². The number of benzene rings is 7. The molecule has 564 valence electrons. The van der Waals surface area contributed by atoms with Gasteiger partial charge in [0.1, 0.15) is 48.1 Å². The molecule has 7 atom stereocenters. The van der Waals surface area contributed by atoms with Crippen LogP contribution < -0.4 is 35.2 Å². The fourth-order valence-corrected chi connectivity index (χ4v) is 13.2. The zero-order chi connectivity index (χ0) is 76.1. The number of nitro benzene ring substituents is 1. The Morgan fingerprint density at radius 3 is 1.24 bits per heavy atom. The van der Waals surface area contributed by atoms with Crippen molar-refractivity contribution in [2.24, 2.45) is 29.2 Å². The number of nitro groups is 1. The summed E-state index contributed by atoms with van der Waals surface area (Å²) >= 11 is 0. The van der Waals surface area contributed by atoms with E-state index in [4.69, 9.17) is 58.5 Å². The number of aliphatic hydroxyl groups excluding tert-OH is 2. The van der Waals surface area contributed by atoms with Crippen molar-refractivity contribution in [3.05, 3.63) is 214 Å². The van der Waals surface area contributed by atoms with Crippen LogP contribution in [0, 0.1) is 27.9 Å². The molecule has 2 aliphatic rings. The van der Waals surface area contributed by atoms with E-state index in [1.54, 1.807) is 24.3 Å². The van der Waals surface area contributed by atoms with E-state index < -0.39 is 75.7 Å². The van der Waals surface area contributed by atoms with E-state index in [1.807, 2.05) is 137 Å². The van der Waals surface area contributed by atoms with E-state index >= 15 is 0 Å². The molecule has 0 bridgehead atoms. The van der Waals surface area contributed by atoms with Crippen LogP contribution in [0.5, 0.6) is 28.7 Å². The predicted octanol–water partition coefficient (Wildman–Crippen LogP) is 8.58. The number of hydrogen-bond acceptors (Lipinski definition) is 23. The minimum atomic E-state index is -3.81. The van der Waals surface area contributed by atoms with E-state index in [1.165, 1.54) is 71.4 Å². The fraction of sp³-hybridized carbons (Fsp3) is 0.394. The van der Waals surface area contributed by atoms with Crippen molar-refractivity contribution in [1.82, 2.24) is 8.61 Å². The maximum absolute atomic E-state index is 13.3. The summed E-state index contributed by atoms with van der Waals surface area (Å²) < 4.78 is 150. The molecule has 9 rings (SSSR count). The molecule has 28 nitrogen and oxygen atoms in total. The van der Waals surface area contributed by atoms with Crippen molar-refractivity contribution in [1.29, 1.82) is 0 Å². The lowest BCUT2D eigenvalue weighted by molar-refractivity contribution is -0.384. The first-order chi connectivity index (χ1) is 48.5. The molecule has 0 aromatic heterocycles. The lowest BCUT2D eigenvalue weighted by Gasteiger charge is -2.28. The topological polar surface area (TPSA) is 410 Å². The van der Waals surface area contributed by atoms with Crippen LogP contribution in [-0.2, 0) is 80.5 Å². The van der Waals surface area contributed by atoms with Crippen molar-refractivity contribution < 1.29 is 101 Å². The number of hydrogen-bond donors (Lipinski definition) is 6. The molecule has 2 aliphatic heterocycles. The molecule has 0 amide bonds. The number of carbonyl (C=O) groups is 1. The second-order valence-corrected chi connectivity index (χ2v) is 31.5. The number of methoxy groups -OCH3 is 2. The number of ether oxygens (including phenoxy) is 8. The maximum atomic E-state index is 13.3. The summed E-state index contributed by atoms with van der Waals surface area (Å²) in [5.74, 6) is 2.99. The molecule has 0 saturated carbocycles. The van der Waals surface area contributed by atoms with Crippen LogP contribution in [0.15, 0.2) is 192 Å². The Balaban J connectivity index is 0.000000267. The van der Waals surface area contributed by atoms with Gasteiger partial charge in [-0.05, 0) is 138 Å². The van der Waals surface area contributed by atoms with Crippen LogP contribution in [0.2, 0.25) is 0 Å². The number of aliphatic hydroxyl groups is 2. The summed E-state index contributed by atoms with van der Waals surface area (Å²) in [6.45, 7) is 9.93. The highest BCUT2D eigenvalue weighted by Crippen LogP contribution is 2.34. The molecule has 8 N–H and O–H groups in total. The highest BCUT2D eigenvalue weighted by molar-refractivity contribution is 7.89. The normalized spacial score (nSPS) is 16.1. The highest BCUT2D eigenvalue weighted by atomic mass is 32.2. The number of fused-ring (bicyclic) bond motifs is 1. The third kappa shape index (κ3) is 31.4. The standard InChI is InChI=1S/2C28H36N2O5S.C13H13NO7.2CH4O3S/c2*1-21(2)18-30(36(32,33)26-15-13-24(34-3)14-16-26)19-28(31)27(29)17-22-9-11-25(12-10-22)35-20-23-7-5-4-6-8-23;15-13(20-9-3-1-8(2-4-9)14(16)17)21-11-7-19-12-10(11)5-6-18-12;2*1-5(2,3)4/h2*4-16,21,27-28,31H,17-20,29H2,1-3H3;1-4,10-12H,5-7H2;2*1H3,(H,2,3,4)/t2*27-,28+;10-,11-,12+;;/m000../s1. The van der Waals surface area contributed by atoms with E-state index in [2.05, 4.69) is 0 Å². The third-order valence-electron chi connectivity index (χ3n) is 15.1. The number of sulfonamides is 2. The van der Waals surface area contributed by atoms with Gasteiger partial charge >= 0.3 is 6.16 Å². The second-order valence-electron chi connectivity index (χ2n) is 24.7. The zero-order valence-corrected chi connectivity index (χ0v) is 61.7. The van der Waals surface area contributed by atoms with Crippen molar-refractivity contribution >= 4 is 52.1 Å². The molecular weight excluding hydrogens is 1420 g/mol. The Morgan fingerprint density at radius 1 is 0.534 bits per heavy atom. The van der Waals surface area contributed by atoms with Gasteiger partial charge in [0.15, 0.2) is 6.29 Å². The van der Waals surface area contributed by atoms with Crippen LogP contribution >= 0.6 is 0 Å². The fourth-order valence-electron chi connectivity index (χ4n) is 10.0. The molecule has 0 unspecified atom stereocenters. The minimum Gasteiger partial charge on any atom is -0.497 e. The number of rotatable bonds is 29. The molecule has 0 spiro atoms. The maximum Gasteiger partial charge on any atom is 0.514 e. The van der Waals surface area contributed by atoms with E-state index in [9.17, 15) is 58.8 Å². The van der Waals surface area contributed by atoms with Crippen molar-refractivity contribution in [2.45, 2.75) is 107 Å². The molecule has 7 aromatic rings. The molecule has 0 radical (unpaired) electrons. The van der Waals surface area contributed by atoms with Crippen LogP contribution in [0.3, 0.4) is 0 Å². The summed E-state index contributed by atoms with van der Waals surface area (Å²) in [6, 6.07) is 51.3. The second kappa shape index (κ2) is 41.3. The smallest absolute Gasteiger partial charge is 0.497 e. The molecule has 0 aliphatic carbocycles. The lowest BCUT2D eigenvalue weighted by atomic mass is 10.0. The molecule has 2 fully saturated rings. The van der Waals surface area contributed by atoms with Crippen LogP contribution in [-0.4, -0.2) is 175 Å². The first-order valence-corrected chi connectivity index (χ1v) is 39.0. The van der Waals surface area contributed by atoms with Gasteiger partial charge in [0, 0.05) is 50.4 Å². The Kier molecular flexibility index (Phi) is 34.3. The molecule has 2 saturated heterocycles. The quantitative estimate of drug-likeness (QED) is 0.00840. The monoisotopic (exact) mass is 1510 g/mol. The van der Waals surface area contributed by atoms with Crippen molar-refractivity contribution in [2.75, 3.05) is 66.1 Å². The number of nitrogens with two attached hydrogens (primary N) is 2. The summed E-state index contributed by atoms with van der Waals surface area (Å²) in [4.78, 5) is 22.0. The van der Waals surface area contributed by atoms with E-state index in [0.29, 0.717) is 56.7 Å². The van der Waals surface area contributed by atoms with E-state index in [0.717, 1.165) is 40.2 Å². The molecule has 32 heteroatoms. The van der Waals surface area contributed by atoms with Gasteiger partial charge in [-0.3, -0.25) is 19.2 Å². The van der Waals surface area contributed by atoms with Gasteiger partial charge in [-0.25, -0.2) is 21.6 Å². The Hall–Kier alpha value is -8.19. The molecule has 7 aromatic carbocycles. The summed E-state index contributed by atoms with van der Waals surface area (Å²) in [5.41, 5.74) is 16.6. The molecular formula is C71H93N5O23S4. The SMILES string of the molecule is COc1ccc(S(=O)(=O)N(CC(C)C)C[C@@H](O)[C@@H](N)Cc2ccc(OCc3ccccc3)cc2)cc1.COc1ccc(S(=O)(=O)N(CC(C)C)C[C@@H](O)[C@@H](N)Cc2ccc(OCc3ccccc3)cc2)cc1.CS(=O)(=O)O.CS(=O)(=O)O.O=C(Oc1ccc([N+](=O)[O-])cc1)O[C@H]1CO[C@H]2OCC[C@H]21. The van der Waals surface area contributed by atoms with Crippen LogP contribution in [0.25, 0.3) is 0 Å². The average molecular weight is 1510 g/mol.